The van der Waals surface area contributed by atoms with Gasteiger partial charge in [-0.15, -0.1) is 0 Å². The Labute approximate surface area is 194 Å². The minimum Gasteiger partial charge on any atom is -0.507 e. The van der Waals surface area contributed by atoms with Gasteiger partial charge in [0.05, 0.1) is 11.1 Å². The number of nitrogens with zero attached hydrogens (tertiary/aromatic N) is 4. The average Bonchev–Trinajstić information content (AvgIpc) is 2.78. The number of hydrogen-bond acceptors (Lipinski definition) is 5. The van der Waals surface area contributed by atoms with Crippen molar-refractivity contribution in [2.45, 2.75) is 40.0 Å². The van der Waals surface area contributed by atoms with Crippen LogP contribution in [0.5, 0.6) is 5.75 Å². The molecule has 2 heterocycles. The molecule has 0 unspecified atom stereocenters. The Morgan fingerprint density at radius 3 is 2.58 bits per heavy atom. The molecule has 174 valence electrons. The number of fused-ring (bicyclic) bond motifs is 1. The maximum atomic E-state index is 14.6. The van der Waals surface area contributed by atoms with Crippen LogP contribution in [0.2, 0.25) is 0 Å². The molecule has 0 aliphatic carbocycles. The molecular weight excluding hydrogens is 419 g/mol. The molecule has 7 heteroatoms. The van der Waals surface area contributed by atoms with Crippen LogP contribution in [-0.2, 0) is 4.79 Å². The van der Waals surface area contributed by atoms with E-state index in [9.17, 15) is 14.3 Å². The van der Waals surface area contributed by atoms with Crippen LogP contribution in [0.15, 0.2) is 36.4 Å². The van der Waals surface area contributed by atoms with Gasteiger partial charge in [0.15, 0.2) is 5.82 Å². The van der Waals surface area contributed by atoms with Gasteiger partial charge in [0.2, 0.25) is 5.91 Å². The zero-order valence-corrected chi connectivity index (χ0v) is 19.5. The van der Waals surface area contributed by atoms with E-state index in [1.807, 2.05) is 30.0 Å². The summed E-state index contributed by atoms with van der Waals surface area (Å²) in [6, 6.07) is 10.1. The van der Waals surface area contributed by atoms with Crippen LogP contribution in [0.25, 0.3) is 22.3 Å². The Bertz CT molecular complexity index is 1140. The SMILES string of the molecule is Cc1ccc2c(N3CCN(C(=O)CCCC(C)C)CC3)nc(-c3c(O)cccc3F)nc2c1. The van der Waals surface area contributed by atoms with Gasteiger partial charge in [-0.3, -0.25) is 4.79 Å². The first-order chi connectivity index (χ1) is 15.8. The lowest BCUT2D eigenvalue weighted by Crippen LogP contribution is -2.49. The summed E-state index contributed by atoms with van der Waals surface area (Å²) < 4.78 is 14.6. The van der Waals surface area contributed by atoms with Crippen molar-refractivity contribution in [1.29, 1.82) is 0 Å². The fourth-order valence-electron chi connectivity index (χ4n) is 4.30. The molecule has 3 aromatic rings. The summed E-state index contributed by atoms with van der Waals surface area (Å²) in [5.74, 6) is 0.910. The minimum atomic E-state index is -0.565. The zero-order valence-electron chi connectivity index (χ0n) is 19.5. The highest BCUT2D eigenvalue weighted by Gasteiger charge is 2.25. The van der Waals surface area contributed by atoms with Gasteiger partial charge >= 0.3 is 0 Å². The number of phenols is 1. The summed E-state index contributed by atoms with van der Waals surface area (Å²) in [5, 5.41) is 11.2. The predicted molar refractivity (Wildman–Crippen MR) is 129 cm³/mol. The lowest BCUT2D eigenvalue weighted by Gasteiger charge is -2.36. The fraction of sp³-hybridized carbons (Fsp3) is 0.423. The summed E-state index contributed by atoms with van der Waals surface area (Å²) in [6.45, 7) is 8.84. The summed E-state index contributed by atoms with van der Waals surface area (Å²) >= 11 is 0. The van der Waals surface area contributed by atoms with Crippen molar-refractivity contribution in [2.75, 3.05) is 31.1 Å². The normalized spacial score (nSPS) is 14.3. The van der Waals surface area contributed by atoms with Crippen molar-refractivity contribution in [1.82, 2.24) is 14.9 Å². The molecule has 1 N–H and O–H groups in total. The molecule has 6 nitrogen and oxygen atoms in total. The number of phenolic OH excluding ortho intramolecular Hbond substituents is 1. The Balaban J connectivity index is 1.61. The average molecular weight is 451 g/mol. The molecule has 0 saturated carbocycles. The van der Waals surface area contributed by atoms with Crippen LogP contribution in [0, 0.1) is 18.7 Å². The highest BCUT2D eigenvalue weighted by molar-refractivity contribution is 5.92. The number of piperazine rings is 1. The van der Waals surface area contributed by atoms with Crippen molar-refractivity contribution in [3.63, 3.8) is 0 Å². The van der Waals surface area contributed by atoms with Gasteiger partial charge < -0.3 is 14.9 Å². The first kappa shape index (κ1) is 23.0. The van der Waals surface area contributed by atoms with Gasteiger partial charge in [0, 0.05) is 38.0 Å². The first-order valence-electron chi connectivity index (χ1n) is 11.6. The number of carbonyl (C=O) groups is 1. The van der Waals surface area contributed by atoms with Crippen molar-refractivity contribution in [3.05, 3.63) is 47.8 Å². The fourth-order valence-corrected chi connectivity index (χ4v) is 4.30. The molecule has 1 fully saturated rings. The second kappa shape index (κ2) is 9.73. The van der Waals surface area contributed by atoms with Crippen molar-refractivity contribution < 1.29 is 14.3 Å². The van der Waals surface area contributed by atoms with Crippen LogP contribution in [0.3, 0.4) is 0 Å². The van der Waals surface area contributed by atoms with Crippen molar-refractivity contribution in [3.8, 4) is 17.1 Å². The topological polar surface area (TPSA) is 69.6 Å². The van der Waals surface area contributed by atoms with Crippen molar-refractivity contribution >= 4 is 22.6 Å². The van der Waals surface area contributed by atoms with E-state index in [0.717, 1.165) is 23.8 Å². The molecule has 1 aromatic heterocycles. The Hall–Kier alpha value is -3.22. The van der Waals surface area contributed by atoms with Crippen LogP contribution in [0.1, 0.15) is 38.7 Å². The van der Waals surface area contributed by atoms with Gasteiger partial charge in [-0.2, -0.15) is 0 Å². The second-order valence-electron chi connectivity index (χ2n) is 9.18. The molecule has 0 bridgehead atoms. The van der Waals surface area contributed by atoms with E-state index in [0.29, 0.717) is 49.9 Å². The van der Waals surface area contributed by atoms with E-state index in [4.69, 9.17) is 4.98 Å². The standard InChI is InChI=1S/C26H31FN4O2/c1-17(2)6-4-9-23(33)30-12-14-31(15-13-30)26-19-11-10-18(3)16-21(19)28-25(29-26)24-20(27)7-5-8-22(24)32/h5,7-8,10-11,16-17,32H,4,6,9,12-15H2,1-3H3. The predicted octanol–water partition coefficient (Wildman–Crippen LogP) is 4.92. The summed E-state index contributed by atoms with van der Waals surface area (Å²) in [7, 11) is 0. The number of halogens is 1. The highest BCUT2D eigenvalue weighted by atomic mass is 19.1. The quantitative estimate of drug-likeness (QED) is 0.577. The third kappa shape index (κ3) is 5.07. The monoisotopic (exact) mass is 450 g/mol. The Kier molecular flexibility index (Phi) is 6.77. The van der Waals surface area contributed by atoms with Crippen LogP contribution >= 0.6 is 0 Å². The molecule has 2 aromatic carbocycles. The highest BCUT2D eigenvalue weighted by Crippen LogP contribution is 2.34. The molecule has 0 radical (unpaired) electrons. The number of amides is 1. The number of aryl methyl sites for hydroxylation is 1. The van der Waals surface area contributed by atoms with E-state index in [2.05, 4.69) is 23.7 Å². The van der Waals surface area contributed by atoms with Gasteiger partial charge in [0.1, 0.15) is 17.4 Å². The summed E-state index contributed by atoms with van der Waals surface area (Å²) in [6.07, 6.45) is 2.57. The third-order valence-electron chi connectivity index (χ3n) is 6.15. The van der Waals surface area contributed by atoms with E-state index in [1.165, 1.54) is 18.2 Å². The molecule has 1 aliphatic rings. The van der Waals surface area contributed by atoms with Gasteiger partial charge in [0.25, 0.3) is 0 Å². The number of rotatable bonds is 6. The maximum Gasteiger partial charge on any atom is 0.222 e. The van der Waals surface area contributed by atoms with Crippen molar-refractivity contribution in [2.24, 2.45) is 5.92 Å². The largest absolute Gasteiger partial charge is 0.507 e. The van der Waals surface area contributed by atoms with E-state index in [-0.39, 0.29) is 23.0 Å². The lowest BCUT2D eigenvalue weighted by molar-refractivity contribution is -0.131. The van der Waals surface area contributed by atoms with Gasteiger partial charge in [-0.1, -0.05) is 32.4 Å². The number of carbonyl (C=O) groups excluding carboxylic acids is 1. The smallest absolute Gasteiger partial charge is 0.222 e. The van der Waals surface area contributed by atoms with E-state index in [1.54, 1.807) is 0 Å². The minimum absolute atomic E-state index is 0.00104. The molecule has 1 aliphatic heterocycles. The number of benzene rings is 2. The second-order valence-corrected chi connectivity index (χ2v) is 9.18. The van der Waals surface area contributed by atoms with E-state index < -0.39 is 5.82 Å². The molecule has 4 rings (SSSR count). The zero-order chi connectivity index (χ0) is 23.5. The molecule has 0 spiro atoms. The van der Waals surface area contributed by atoms with Crippen LogP contribution < -0.4 is 4.90 Å². The number of hydrogen-bond donors (Lipinski definition) is 1. The van der Waals surface area contributed by atoms with Crippen LogP contribution in [-0.4, -0.2) is 52.1 Å². The summed E-state index contributed by atoms with van der Waals surface area (Å²) in [4.78, 5) is 25.9. The van der Waals surface area contributed by atoms with E-state index >= 15 is 0 Å². The molecule has 1 saturated heterocycles. The molecule has 1 amide bonds. The number of anilines is 1. The lowest BCUT2D eigenvalue weighted by atomic mass is 10.1. The van der Waals surface area contributed by atoms with Gasteiger partial charge in [-0.25, -0.2) is 14.4 Å². The molecule has 0 atom stereocenters. The Morgan fingerprint density at radius 2 is 1.88 bits per heavy atom. The molecular formula is C26H31FN4O2. The van der Waals surface area contributed by atoms with Crippen LogP contribution in [0.4, 0.5) is 10.2 Å². The Morgan fingerprint density at radius 1 is 1.12 bits per heavy atom. The number of aromatic hydroxyl groups is 1. The maximum absolute atomic E-state index is 14.6. The first-order valence-corrected chi connectivity index (χ1v) is 11.6. The third-order valence-corrected chi connectivity index (χ3v) is 6.15. The number of aromatic nitrogens is 2. The summed E-state index contributed by atoms with van der Waals surface area (Å²) in [5.41, 5.74) is 1.73. The van der Waals surface area contributed by atoms with Gasteiger partial charge in [-0.05, 0) is 49.1 Å². The molecule has 33 heavy (non-hydrogen) atoms.